The largest absolute Gasteiger partial charge is 0.383 e. The Balaban J connectivity index is 2.26. The van der Waals surface area contributed by atoms with Crippen molar-refractivity contribution in [2.45, 2.75) is 19.8 Å². The smallest absolute Gasteiger partial charge is 0.170 e. The van der Waals surface area contributed by atoms with Gasteiger partial charge in [-0.2, -0.15) is 0 Å². The zero-order chi connectivity index (χ0) is 11.5. The number of carbonyl (C=O) groups is 1. The van der Waals surface area contributed by atoms with Crippen molar-refractivity contribution in [2.75, 3.05) is 18.8 Å². The summed E-state index contributed by atoms with van der Waals surface area (Å²) in [4.78, 5) is 16.3. The van der Waals surface area contributed by atoms with Gasteiger partial charge in [0.15, 0.2) is 5.78 Å². The van der Waals surface area contributed by atoms with E-state index in [2.05, 4.69) is 10.3 Å². The first-order valence-electron chi connectivity index (χ1n) is 5.66. The monoisotopic (exact) mass is 219 g/mol. The van der Waals surface area contributed by atoms with E-state index in [0.717, 1.165) is 31.5 Å². The zero-order valence-corrected chi connectivity index (χ0v) is 9.49. The SMILES string of the molecule is Cc1ccnc(N)c1C(=O)C1CCNCC1. The van der Waals surface area contributed by atoms with Crippen molar-refractivity contribution in [3.05, 3.63) is 23.4 Å². The van der Waals surface area contributed by atoms with Gasteiger partial charge < -0.3 is 11.1 Å². The molecular weight excluding hydrogens is 202 g/mol. The molecular formula is C12H17N3O. The lowest BCUT2D eigenvalue weighted by atomic mass is 9.88. The Morgan fingerprint density at radius 1 is 1.50 bits per heavy atom. The first-order chi connectivity index (χ1) is 7.70. The molecule has 4 heteroatoms. The maximum Gasteiger partial charge on any atom is 0.170 e. The lowest BCUT2D eigenvalue weighted by Gasteiger charge is -2.22. The summed E-state index contributed by atoms with van der Waals surface area (Å²) >= 11 is 0. The molecule has 86 valence electrons. The molecule has 0 bridgehead atoms. The molecule has 0 unspecified atom stereocenters. The van der Waals surface area contributed by atoms with E-state index < -0.39 is 0 Å². The van der Waals surface area contributed by atoms with Crippen LogP contribution in [-0.2, 0) is 0 Å². The van der Waals surface area contributed by atoms with E-state index in [-0.39, 0.29) is 11.7 Å². The number of nitrogens with two attached hydrogens (primary N) is 1. The van der Waals surface area contributed by atoms with Crippen LogP contribution in [0.2, 0.25) is 0 Å². The van der Waals surface area contributed by atoms with Crippen LogP contribution in [0.25, 0.3) is 0 Å². The van der Waals surface area contributed by atoms with Crippen molar-refractivity contribution >= 4 is 11.6 Å². The molecule has 2 heterocycles. The predicted octanol–water partition coefficient (Wildman–Crippen LogP) is 1.15. The van der Waals surface area contributed by atoms with Crippen molar-refractivity contribution in [1.82, 2.24) is 10.3 Å². The highest BCUT2D eigenvalue weighted by molar-refractivity contribution is 6.02. The number of hydrogen-bond acceptors (Lipinski definition) is 4. The number of rotatable bonds is 2. The lowest BCUT2D eigenvalue weighted by molar-refractivity contribution is 0.0895. The topological polar surface area (TPSA) is 68.0 Å². The van der Waals surface area contributed by atoms with Gasteiger partial charge in [0, 0.05) is 12.1 Å². The van der Waals surface area contributed by atoms with Gasteiger partial charge in [0.1, 0.15) is 5.82 Å². The van der Waals surface area contributed by atoms with E-state index in [1.165, 1.54) is 0 Å². The van der Waals surface area contributed by atoms with Gasteiger partial charge in [0.2, 0.25) is 0 Å². The minimum atomic E-state index is 0.103. The van der Waals surface area contributed by atoms with Crippen LogP contribution < -0.4 is 11.1 Å². The standard InChI is InChI=1S/C12H17N3O/c1-8-2-7-15-12(13)10(8)11(16)9-3-5-14-6-4-9/h2,7,9,14H,3-6H2,1H3,(H2,13,15). The van der Waals surface area contributed by atoms with Gasteiger partial charge in [-0.1, -0.05) is 0 Å². The van der Waals surface area contributed by atoms with Crippen LogP contribution in [-0.4, -0.2) is 23.9 Å². The molecule has 0 aliphatic carbocycles. The average molecular weight is 219 g/mol. The summed E-state index contributed by atoms with van der Waals surface area (Å²) in [5.41, 5.74) is 7.33. The van der Waals surface area contributed by atoms with Gasteiger partial charge in [-0.05, 0) is 44.5 Å². The van der Waals surface area contributed by atoms with E-state index in [1.54, 1.807) is 6.20 Å². The fourth-order valence-corrected chi connectivity index (χ4v) is 2.19. The number of ketones is 1. The highest BCUT2D eigenvalue weighted by Gasteiger charge is 2.25. The third kappa shape index (κ3) is 2.07. The molecule has 0 atom stereocenters. The number of carbonyl (C=O) groups excluding carboxylic acids is 1. The van der Waals surface area contributed by atoms with E-state index in [0.29, 0.717) is 11.4 Å². The molecule has 16 heavy (non-hydrogen) atoms. The number of Topliss-reactive ketones (excluding diaryl/α,β-unsaturated/α-hetero) is 1. The molecule has 0 aromatic carbocycles. The molecule has 1 aromatic rings. The third-order valence-electron chi connectivity index (χ3n) is 3.14. The number of piperidine rings is 1. The number of nitrogen functional groups attached to an aromatic ring is 1. The lowest BCUT2D eigenvalue weighted by Crippen LogP contribution is -2.32. The Morgan fingerprint density at radius 2 is 2.19 bits per heavy atom. The second-order valence-corrected chi connectivity index (χ2v) is 4.28. The van der Waals surface area contributed by atoms with Crippen LogP contribution in [0, 0.1) is 12.8 Å². The molecule has 0 spiro atoms. The summed E-state index contributed by atoms with van der Waals surface area (Å²) < 4.78 is 0. The molecule has 0 amide bonds. The van der Waals surface area contributed by atoms with Crippen molar-refractivity contribution in [2.24, 2.45) is 5.92 Å². The Kier molecular flexibility index (Phi) is 3.19. The zero-order valence-electron chi connectivity index (χ0n) is 9.49. The molecule has 0 radical (unpaired) electrons. The molecule has 1 saturated heterocycles. The van der Waals surface area contributed by atoms with Gasteiger partial charge in [-0.15, -0.1) is 0 Å². The summed E-state index contributed by atoms with van der Waals surface area (Å²) in [6.45, 7) is 3.73. The van der Waals surface area contributed by atoms with Crippen molar-refractivity contribution in [3.63, 3.8) is 0 Å². The van der Waals surface area contributed by atoms with E-state index in [9.17, 15) is 4.79 Å². The predicted molar refractivity (Wildman–Crippen MR) is 63.3 cm³/mol. The van der Waals surface area contributed by atoms with Crippen LogP contribution in [0.1, 0.15) is 28.8 Å². The molecule has 2 rings (SSSR count). The number of aromatic nitrogens is 1. The molecule has 1 aliphatic heterocycles. The fourth-order valence-electron chi connectivity index (χ4n) is 2.19. The highest BCUT2D eigenvalue weighted by Crippen LogP contribution is 2.23. The second-order valence-electron chi connectivity index (χ2n) is 4.28. The van der Waals surface area contributed by atoms with Crippen LogP contribution in [0.4, 0.5) is 5.82 Å². The molecule has 3 N–H and O–H groups in total. The summed E-state index contributed by atoms with van der Waals surface area (Å²) in [5.74, 6) is 0.625. The van der Waals surface area contributed by atoms with Crippen molar-refractivity contribution < 1.29 is 4.79 Å². The molecule has 0 saturated carbocycles. The van der Waals surface area contributed by atoms with Gasteiger partial charge in [0.05, 0.1) is 5.56 Å². The van der Waals surface area contributed by atoms with Gasteiger partial charge in [0.25, 0.3) is 0 Å². The number of nitrogens with one attached hydrogen (secondary N) is 1. The van der Waals surface area contributed by atoms with Crippen LogP contribution in [0.15, 0.2) is 12.3 Å². The quantitative estimate of drug-likeness (QED) is 0.732. The maximum atomic E-state index is 12.3. The Morgan fingerprint density at radius 3 is 2.81 bits per heavy atom. The Labute approximate surface area is 95.3 Å². The minimum absolute atomic E-state index is 0.103. The number of aryl methyl sites for hydroxylation is 1. The first-order valence-corrected chi connectivity index (χ1v) is 5.66. The summed E-state index contributed by atoms with van der Waals surface area (Å²) in [6.07, 6.45) is 3.43. The molecule has 1 aromatic heterocycles. The van der Waals surface area contributed by atoms with E-state index >= 15 is 0 Å². The Hall–Kier alpha value is -1.42. The summed E-state index contributed by atoms with van der Waals surface area (Å²) in [6, 6.07) is 1.84. The normalized spacial score (nSPS) is 17.3. The van der Waals surface area contributed by atoms with Gasteiger partial charge in [-0.3, -0.25) is 4.79 Å². The number of nitrogens with zero attached hydrogens (tertiary/aromatic N) is 1. The maximum absolute atomic E-state index is 12.3. The first kappa shape index (κ1) is 11.1. The summed E-state index contributed by atoms with van der Waals surface area (Å²) in [5, 5.41) is 3.25. The Bertz CT molecular complexity index is 377. The average Bonchev–Trinajstić information content (AvgIpc) is 2.30. The molecule has 1 aliphatic rings. The molecule has 1 fully saturated rings. The highest BCUT2D eigenvalue weighted by atomic mass is 16.1. The molecule has 4 nitrogen and oxygen atoms in total. The third-order valence-corrected chi connectivity index (χ3v) is 3.14. The van der Waals surface area contributed by atoms with Crippen molar-refractivity contribution in [1.29, 1.82) is 0 Å². The number of anilines is 1. The van der Waals surface area contributed by atoms with E-state index in [4.69, 9.17) is 5.73 Å². The number of hydrogen-bond donors (Lipinski definition) is 2. The van der Waals surface area contributed by atoms with Crippen LogP contribution in [0.5, 0.6) is 0 Å². The van der Waals surface area contributed by atoms with Gasteiger partial charge >= 0.3 is 0 Å². The van der Waals surface area contributed by atoms with Crippen LogP contribution in [0.3, 0.4) is 0 Å². The van der Waals surface area contributed by atoms with Crippen molar-refractivity contribution in [3.8, 4) is 0 Å². The second kappa shape index (κ2) is 4.61. The fraction of sp³-hybridized carbons (Fsp3) is 0.500. The number of pyridine rings is 1. The van der Waals surface area contributed by atoms with Crippen LogP contribution >= 0.6 is 0 Å². The minimum Gasteiger partial charge on any atom is -0.383 e. The van der Waals surface area contributed by atoms with E-state index in [1.807, 2.05) is 13.0 Å². The van der Waals surface area contributed by atoms with Gasteiger partial charge in [-0.25, -0.2) is 4.98 Å². The summed E-state index contributed by atoms with van der Waals surface area (Å²) in [7, 11) is 0.